The zero-order valence-electron chi connectivity index (χ0n) is 11.4. The van der Waals surface area contributed by atoms with Crippen LogP contribution in [-0.2, 0) is 0 Å². The second kappa shape index (κ2) is 6.39. The van der Waals surface area contributed by atoms with E-state index < -0.39 is 0 Å². The Morgan fingerprint density at radius 2 is 1.95 bits per heavy atom. The van der Waals surface area contributed by atoms with Crippen molar-refractivity contribution >= 4 is 27.6 Å². The van der Waals surface area contributed by atoms with Crippen molar-refractivity contribution in [3.05, 3.63) is 28.7 Å². The number of benzene rings is 1. The SMILES string of the molecule is CC(C)N1CCN(C(=O)Nc2cccc(Br)c2)CC1. The van der Waals surface area contributed by atoms with Crippen molar-refractivity contribution in [2.75, 3.05) is 31.5 Å². The Balaban J connectivity index is 1.88. The first-order valence-electron chi connectivity index (χ1n) is 6.62. The van der Waals surface area contributed by atoms with Gasteiger partial charge < -0.3 is 10.2 Å². The fraction of sp³-hybridized carbons (Fsp3) is 0.500. The van der Waals surface area contributed by atoms with E-state index in [2.05, 4.69) is 40.0 Å². The van der Waals surface area contributed by atoms with E-state index in [1.807, 2.05) is 29.2 Å². The molecule has 1 aromatic carbocycles. The molecule has 0 bridgehead atoms. The van der Waals surface area contributed by atoms with Gasteiger partial charge in [-0.05, 0) is 32.0 Å². The standard InChI is InChI=1S/C14H20BrN3O/c1-11(2)17-6-8-18(9-7-17)14(19)16-13-5-3-4-12(15)10-13/h3-5,10-11H,6-9H2,1-2H3,(H,16,19). The molecule has 1 aliphatic heterocycles. The highest BCUT2D eigenvalue weighted by molar-refractivity contribution is 9.10. The monoisotopic (exact) mass is 325 g/mol. The van der Waals surface area contributed by atoms with Crippen LogP contribution in [-0.4, -0.2) is 48.1 Å². The molecule has 19 heavy (non-hydrogen) atoms. The van der Waals surface area contributed by atoms with E-state index >= 15 is 0 Å². The highest BCUT2D eigenvalue weighted by Gasteiger charge is 2.22. The van der Waals surface area contributed by atoms with Gasteiger partial charge >= 0.3 is 6.03 Å². The third-order valence-electron chi connectivity index (χ3n) is 3.41. The molecule has 1 fully saturated rings. The molecule has 0 radical (unpaired) electrons. The number of nitrogens with zero attached hydrogens (tertiary/aromatic N) is 2. The molecule has 104 valence electrons. The molecule has 0 aliphatic carbocycles. The molecule has 0 spiro atoms. The molecule has 0 unspecified atom stereocenters. The van der Waals surface area contributed by atoms with Gasteiger partial charge in [-0.1, -0.05) is 22.0 Å². The van der Waals surface area contributed by atoms with Crippen LogP contribution in [0.1, 0.15) is 13.8 Å². The summed E-state index contributed by atoms with van der Waals surface area (Å²) in [5.74, 6) is 0. The first-order chi connectivity index (χ1) is 9.06. The van der Waals surface area contributed by atoms with Gasteiger partial charge in [-0.25, -0.2) is 4.79 Å². The van der Waals surface area contributed by atoms with Crippen molar-refractivity contribution in [1.82, 2.24) is 9.80 Å². The Hall–Kier alpha value is -1.07. The molecule has 2 rings (SSSR count). The van der Waals surface area contributed by atoms with Gasteiger partial charge in [-0.2, -0.15) is 0 Å². The molecule has 2 amide bonds. The molecular weight excluding hydrogens is 306 g/mol. The van der Waals surface area contributed by atoms with E-state index in [1.54, 1.807) is 0 Å². The number of anilines is 1. The number of hydrogen-bond donors (Lipinski definition) is 1. The molecule has 1 N–H and O–H groups in total. The Kier molecular flexibility index (Phi) is 4.82. The summed E-state index contributed by atoms with van der Waals surface area (Å²) in [4.78, 5) is 16.4. The summed E-state index contributed by atoms with van der Waals surface area (Å²) in [6, 6.07) is 8.19. The van der Waals surface area contributed by atoms with E-state index in [4.69, 9.17) is 0 Å². The van der Waals surface area contributed by atoms with Crippen LogP contribution in [0.15, 0.2) is 28.7 Å². The van der Waals surface area contributed by atoms with Gasteiger partial charge in [0.1, 0.15) is 0 Å². The minimum Gasteiger partial charge on any atom is -0.322 e. The molecule has 5 heteroatoms. The number of urea groups is 1. The molecule has 0 saturated carbocycles. The van der Waals surface area contributed by atoms with Crippen molar-refractivity contribution in [3.8, 4) is 0 Å². The van der Waals surface area contributed by atoms with Crippen LogP contribution >= 0.6 is 15.9 Å². The molecule has 1 heterocycles. The zero-order valence-corrected chi connectivity index (χ0v) is 13.0. The predicted molar refractivity (Wildman–Crippen MR) is 81.4 cm³/mol. The largest absolute Gasteiger partial charge is 0.322 e. The first kappa shape index (κ1) is 14.3. The van der Waals surface area contributed by atoms with Gasteiger partial charge in [-0.15, -0.1) is 0 Å². The Bertz CT molecular complexity index is 442. The fourth-order valence-electron chi connectivity index (χ4n) is 2.21. The van der Waals surface area contributed by atoms with Crippen LogP contribution in [0.4, 0.5) is 10.5 Å². The number of hydrogen-bond acceptors (Lipinski definition) is 2. The summed E-state index contributed by atoms with van der Waals surface area (Å²) in [6.45, 7) is 7.86. The summed E-state index contributed by atoms with van der Waals surface area (Å²) in [6.07, 6.45) is 0. The highest BCUT2D eigenvalue weighted by atomic mass is 79.9. The van der Waals surface area contributed by atoms with Crippen LogP contribution in [0.2, 0.25) is 0 Å². The van der Waals surface area contributed by atoms with E-state index in [9.17, 15) is 4.79 Å². The minimum absolute atomic E-state index is 0.0125. The molecule has 1 aliphatic rings. The number of piperazine rings is 1. The third kappa shape index (κ3) is 3.94. The molecular formula is C14H20BrN3O. The van der Waals surface area contributed by atoms with Crippen LogP contribution in [0.5, 0.6) is 0 Å². The van der Waals surface area contributed by atoms with Gasteiger partial charge in [0.2, 0.25) is 0 Å². The van der Waals surface area contributed by atoms with Crippen molar-refractivity contribution < 1.29 is 4.79 Å². The lowest BCUT2D eigenvalue weighted by atomic mass is 10.2. The molecule has 1 aromatic rings. The van der Waals surface area contributed by atoms with Gasteiger partial charge in [-0.3, -0.25) is 4.90 Å². The van der Waals surface area contributed by atoms with Crippen molar-refractivity contribution in [1.29, 1.82) is 0 Å². The minimum atomic E-state index is -0.0125. The summed E-state index contributed by atoms with van der Waals surface area (Å²) in [7, 11) is 0. The van der Waals surface area contributed by atoms with E-state index in [1.165, 1.54) is 0 Å². The molecule has 0 atom stereocenters. The normalized spacial score (nSPS) is 16.7. The Morgan fingerprint density at radius 1 is 1.26 bits per heavy atom. The number of carbonyl (C=O) groups is 1. The quantitative estimate of drug-likeness (QED) is 0.907. The van der Waals surface area contributed by atoms with Crippen molar-refractivity contribution in [2.45, 2.75) is 19.9 Å². The van der Waals surface area contributed by atoms with Crippen molar-refractivity contribution in [2.24, 2.45) is 0 Å². The highest BCUT2D eigenvalue weighted by Crippen LogP contribution is 2.16. The van der Waals surface area contributed by atoms with Crippen LogP contribution in [0.3, 0.4) is 0 Å². The van der Waals surface area contributed by atoms with E-state index in [0.717, 1.165) is 36.3 Å². The average Bonchev–Trinajstić information content (AvgIpc) is 2.39. The maximum atomic E-state index is 12.1. The van der Waals surface area contributed by atoms with Crippen LogP contribution in [0, 0.1) is 0 Å². The predicted octanol–water partition coefficient (Wildman–Crippen LogP) is 3.01. The first-order valence-corrected chi connectivity index (χ1v) is 7.41. The number of nitrogens with one attached hydrogen (secondary N) is 1. The second-order valence-electron chi connectivity index (χ2n) is 5.06. The number of rotatable bonds is 2. The van der Waals surface area contributed by atoms with E-state index in [0.29, 0.717) is 6.04 Å². The Morgan fingerprint density at radius 3 is 2.53 bits per heavy atom. The number of amides is 2. The molecule has 4 nitrogen and oxygen atoms in total. The van der Waals surface area contributed by atoms with Gasteiger partial charge in [0, 0.05) is 42.4 Å². The molecule has 1 saturated heterocycles. The maximum Gasteiger partial charge on any atom is 0.321 e. The average molecular weight is 326 g/mol. The summed E-state index contributed by atoms with van der Waals surface area (Å²) < 4.78 is 0.968. The van der Waals surface area contributed by atoms with Gasteiger partial charge in [0.25, 0.3) is 0 Å². The zero-order chi connectivity index (χ0) is 13.8. The summed E-state index contributed by atoms with van der Waals surface area (Å²) in [5, 5.41) is 2.93. The smallest absolute Gasteiger partial charge is 0.321 e. The lowest BCUT2D eigenvalue weighted by Gasteiger charge is -2.36. The lowest BCUT2D eigenvalue weighted by molar-refractivity contribution is 0.125. The second-order valence-corrected chi connectivity index (χ2v) is 5.97. The summed E-state index contributed by atoms with van der Waals surface area (Å²) >= 11 is 3.40. The molecule has 0 aromatic heterocycles. The maximum absolute atomic E-state index is 12.1. The number of halogens is 1. The number of carbonyl (C=O) groups excluding carboxylic acids is 1. The fourth-order valence-corrected chi connectivity index (χ4v) is 2.61. The van der Waals surface area contributed by atoms with Crippen molar-refractivity contribution in [3.63, 3.8) is 0 Å². The van der Waals surface area contributed by atoms with Crippen LogP contribution < -0.4 is 5.32 Å². The van der Waals surface area contributed by atoms with Gasteiger partial charge in [0.15, 0.2) is 0 Å². The topological polar surface area (TPSA) is 35.6 Å². The summed E-state index contributed by atoms with van der Waals surface area (Å²) in [5.41, 5.74) is 0.825. The third-order valence-corrected chi connectivity index (χ3v) is 3.90. The van der Waals surface area contributed by atoms with E-state index in [-0.39, 0.29) is 6.03 Å². The lowest BCUT2D eigenvalue weighted by Crippen LogP contribution is -2.51. The van der Waals surface area contributed by atoms with Gasteiger partial charge in [0.05, 0.1) is 0 Å². The Labute approximate surface area is 122 Å². The van der Waals surface area contributed by atoms with Crippen LogP contribution in [0.25, 0.3) is 0 Å².